The zero-order valence-corrected chi connectivity index (χ0v) is 13.3. The lowest BCUT2D eigenvalue weighted by Crippen LogP contribution is -2.26. The molecular weight excluding hydrogens is 306 g/mol. The molecule has 118 valence electrons. The Kier molecular flexibility index (Phi) is 4.68. The van der Waals surface area contributed by atoms with Crippen LogP contribution >= 0.6 is 0 Å². The molecule has 1 aromatic carbocycles. The molecule has 0 radical (unpaired) electrons. The Hall–Kier alpha value is -2.12. The molecule has 0 aliphatic heterocycles. The Morgan fingerprint density at radius 3 is 2.59 bits per heavy atom. The molecule has 0 unspecified atom stereocenters. The summed E-state index contributed by atoms with van der Waals surface area (Å²) in [5.74, 6) is 0.630. The van der Waals surface area contributed by atoms with Crippen molar-refractivity contribution in [3.8, 4) is 0 Å². The van der Waals surface area contributed by atoms with Gasteiger partial charge in [0.15, 0.2) is 0 Å². The molecule has 1 N–H and O–H groups in total. The molecule has 0 bridgehead atoms. The van der Waals surface area contributed by atoms with Crippen LogP contribution in [0.25, 0.3) is 0 Å². The van der Waals surface area contributed by atoms with Crippen LogP contribution in [0.1, 0.15) is 34.8 Å². The molecule has 0 fully saturated rings. The Labute approximate surface area is 129 Å². The average Bonchev–Trinajstić information content (AvgIpc) is 2.93. The highest BCUT2D eigenvalue weighted by Crippen LogP contribution is 2.19. The van der Waals surface area contributed by atoms with E-state index in [2.05, 4.69) is 9.46 Å². The summed E-state index contributed by atoms with van der Waals surface area (Å²) in [7, 11) is -2.54. The predicted molar refractivity (Wildman–Crippen MR) is 80.0 cm³/mol. The van der Waals surface area contributed by atoms with Gasteiger partial charge in [-0.15, -0.1) is 0 Å². The fourth-order valence-electron chi connectivity index (χ4n) is 1.95. The number of esters is 1. The number of sulfonamides is 1. The fourth-order valence-corrected chi connectivity index (χ4v) is 3.21. The van der Waals surface area contributed by atoms with Gasteiger partial charge in [0.1, 0.15) is 11.5 Å². The summed E-state index contributed by atoms with van der Waals surface area (Å²) in [6.07, 6.45) is 0. The van der Waals surface area contributed by atoms with Crippen molar-refractivity contribution < 1.29 is 22.4 Å². The van der Waals surface area contributed by atoms with Gasteiger partial charge >= 0.3 is 5.97 Å². The zero-order valence-electron chi connectivity index (χ0n) is 12.5. The smallest absolute Gasteiger partial charge is 0.337 e. The van der Waals surface area contributed by atoms with Crippen LogP contribution in [0.15, 0.2) is 45.7 Å². The van der Waals surface area contributed by atoms with Crippen molar-refractivity contribution in [2.24, 2.45) is 0 Å². The van der Waals surface area contributed by atoms with E-state index >= 15 is 0 Å². The Morgan fingerprint density at radius 1 is 1.27 bits per heavy atom. The normalized spacial score (nSPS) is 12.9. The molecule has 0 amide bonds. The molecule has 1 heterocycles. The van der Waals surface area contributed by atoms with Crippen LogP contribution in [-0.2, 0) is 14.8 Å². The molecule has 0 saturated heterocycles. The van der Waals surface area contributed by atoms with Crippen LogP contribution in [0.3, 0.4) is 0 Å². The van der Waals surface area contributed by atoms with Gasteiger partial charge in [-0.25, -0.2) is 17.9 Å². The van der Waals surface area contributed by atoms with E-state index in [0.717, 1.165) is 0 Å². The van der Waals surface area contributed by atoms with E-state index < -0.39 is 22.0 Å². The highest BCUT2D eigenvalue weighted by atomic mass is 32.2. The van der Waals surface area contributed by atoms with Gasteiger partial charge < -0.3 is 9.15 Å². The van der Waals surface area contributed by atoms with Crippen molar-refractivity contribution in [2.45, 2.75) is 24.8 Å². The number of benzene rings is 1. The van der Waals surface area contributed by atoms with Gasteiger partial charge in [0.05, 0.1) is 23.6 Å². The summed E-state index contributed by atoms with van der Waals surface area (Å²) in [5, 5.41) is 0. The number of aryl methyl sites for hydroxylation is 1. The fraction of sp³-hybridized carbons (Fsp3) is 0.267. The number of furan rings is 1. The van der Waals surface area contributed by atoms with E-state index in [1.165, 1.54) is 31.4 Å². The molecule has 2 aromatic rings. The van der Waals surface area contributed by atoms with Gasteiger partial charge in [0.2, 0.25) is 10.0 Å². The van der Waals surface area contributed by atoms with E-state index in [0.29, 0.717) is 11.5 Å². The first-order valence-electron chi connectivity index (χ1n) is 6.60. The molecule has 1 aromatic heterocycles. The third-order valence-electron chi connectivity index (χ3n) is 3.09. The Bertz CT molecular complexity index is 779. The topological polar surface area (TPSA) is 85.6 Å². The molecule has 0 aliphatic carbocycles. The van der Waals surface area contributed by atoms with Gasteiger partial charge in [-0.1, -0.05) is 6.07 Å². The first kappa shape index (κ1) is 16.3. The Morgan fingerprint density at radius 2 is 2.00 bits per heavy atom. The lowest BCUT2D eigenvalue weighted by Gasteiger charge is -2.12. The van der Waals surface area contributed by atoms with Crippen LogP contribution in [-0.4, -0.2) is 21.5 Å². The monoisotopic (exact) mass is 323 g/mol. The number of hydrogen-bond acceptors (Lipinski definition) is 5. The number of ether oxygens (including phenoxy) is 1. The minimum Gasteiger partial charge on any atom is -0.465 e. The Balaban J connectivity index is 2.25. The summed E-state index contributed by atoms with van der Waals surface area (Å²) in [6, 6.07) is 8.61. The minimum atomic E-state index is -3.78. The third kappa shape index (κ3) is 3.55. The molecule has 22 heavy (non-hydrogen) atoms. The SMILES string of the molecule is COC(=O)c1cccc(S(=O)(=O)N[C@@H](C)c2ccc(C)o2)c1. The van der Waals surface area contributed by atoms with Gasteiger partial charge in [-0.3, -0.25) is 0 Å². The van der Waals surface area contributed by atoms with Crippen molar-refractivity contribution in [1.29, 1.82) is 0 Å². The molecule has 7 heteroatoms. The molecule has 0 aliphatic rings. The van der Waals surface area contributed by atoms with E-state index in [1.807, 2.05) is 0 Å². The molecule has 6 nitrogen and oxygen atoms in total. The van der Waals surface area contributed by atoms with E-state index in [4.69, 9.17) is 4.42 Å². The first-order chi connectivity index (χ1) is 10.3. The van der Waals surface area contributed by atoms with Crippen molar-refractivity contribution in [3.05, 3.63) is 53.5 Å². The second kappa shape index (κ2) is 6.33. The maximum absolute atomic E-state index is 12.4. The number of rotatable bonds is 5. The van der Waals surface area contributed by atoms with E-state index in [1.54, 1.807) is 26.0 Å². The van der Waals surface area contributed by atoms with Gasteiger partial charge in [0.25, 0.3) is 0 Å². The molecular formula is C15H17NO5S. The highest BCUT2D eigenvalue weighted by molar-refractivity contribution is 7.89. The summed E-state index contributed by atoms with van der Waals surface area (Å²) in [6.45, 7) is 3.46. The van der Waals surface area contributed by atoms with Crippen molar-refractivity contribution in [2.75, 3.05) is 7.11 Å². The number of carbonyl (C=O) groups excluding carboxylic acids is 1. The van der Waals surface area contributed by atoms with Crippen LogP contribution < -0.4 is 4.72 Å². The van der Waals surface area contributed by atoms with Crippen molar-refractivity contribution >= 4 is 16.0 Å². The van der Waals surface area contributed by atoms with Gasteiger partial charge in [0, 0.05) is 0 Å². The maximum atomic E-state index is 12.4. The average molecular weight is 323 g/mol. The number of hydrogen-bond donors (Lipinski definition) is 1. The zero-order chi connectivity index (χ0) is 16.3. The number of methoxy groups -OCH3 is 1. The number of carbonyl (C=O) groups is 1. The summed E-state index contributed by atoms with van der Waals surface area (Å²) in [5.41, 5.74) is 0.173. The van der Waals surface area contributed by atoms with Crippen LogP contribution in [0, 0.1) is 6.92 Å². The molecule has 1 atom stereocenters. The standard InChI is InChI=1S/C15H17NO5S/c1-10-7-8-14(21-10)11(2)16-22(18,19)13-6-4-5-12(9-13)15(17)20-3/h4-9,11,16H,1-3H3/t11-/m0/s1. The van der Waals surface area contributed by atoms with E-state index in [-0.39, 0.29) is 10.5 Å². The van der Waals surface area contributed by atoms with Crippen LogP contribution in [0.2, 0.25) is 0 Å². The molecule has 0 spiro atoms. The molecule has 2 rings (SSSR count). The summed E-state index contributed by atoms with van der Waals surface area (Å²) in [4.78, 5) is 11.5. The maximum Gasteiger partial charge on any atom is 0.337 e. The van der Waals surface area contributed by atoms with Gasteiger partial charge in [-0.05, 0) is 44.2 Å². The largest absolute Gasteiger partial charge is 0.465 e. The minimum absolute atomic E-state index is 0.00877. The predicted octanol–water partition coefficient (Wildman–Crippen LogP) is 2.41. The third-order valence-corrected chi connectivity index (χ3v) is 4.62. The van der Waals surface area contributed by atoms with Crippen molar-refractivity contribution in [1.82, 2.24) is 4.72 Å². The second-order valence-corrected chi connectivity index (χ2v) is 6.52. The lowest BCUT2D eigenvalue weighted by molar-refractivity contribution is 0.0600. The van der Waals surface area contributed by atoms with Crippen LogP contribution in [0.5, 0.6) is 0 Å². The lowest BCUT2D eigenvalue weighted by atomic mass is 10.2. The summed E-state index contributed by atoms with van der Waals surface area (Å²) < 4.78 is 37.3. The van der Waals surface area contributed by atoms with Crippen molar-refractivity contribution in [3.63, 3.8) is 0 Å². The van der Waals surface area contributed by atoms with Crippen LogP contribution in [0.4, 0.5) is 0 Å². The molecule has 0 saturated carbocycles. The number of nitrogens with one attached hydrogen (secondary N) is 1. The van der Waals surface area contributed by atoms with E-state index in [9.17, 15) is 13.2 Å². The highest BCUT2D eigenvalue weighted by Gasteiger charge is 2.21. The van der Waals surface area contributed by atoms with Gasteiger partial charge in [-0.2, -0.15) is 0 Å². The second-order valence-electron chi connectivity index (χ2n) is 4.81. The first-order valence-corrected chi connectivity index (χ1v) is 8.09. The quantitative estimate of drug-likeness (QED) is 0.854. The summed E-state index contributed by atoms with van der Waals surface area (Å²) >= 11 is 0.